The largest absolute Gasteiger partial charge is 0.507 e. The van der Waals surface area contributed by atoms with Crippen molar-refractivity contribution in [1.82, 2.24) is 5.01 Å². The number of nitrogens with two attached hydrogens (primary N) is 1. The van der Waals surface area contributed by atoms with Gasteiger partial charge in [0.25, 0.3) is 0 Å². The number of phenols is 1. The Morgan fingerprint density at radius 1 is 1.09 bits per heavy atom. The quantitative estimate of drug-likeness (QED) is 0.879. The lowest BCUT2D eigenvalue weighted by molar-refractivity contribution is 0.309. The van der Waals surface area contributed by atoms with Gasteiger partial charge in [-0.2, -0.15) is 5.10 Å². The summed E-state index contributed by atoms with van der Waals surface area (Å²) in [6.07, 6.45) is 0.830. The zero-order valence-electron chi connectivity index (χ0n) is 14.7. The van der Waals surface area contributed by atoms with Gasteiger partial charge in [-0.05, 0) is 39.7 Å². The molecule has 0 unspecified atom stereocenters. The normalized spacial score (nSPS) is 16.1. The second kappa shape index (κ2) is 5.49. The monoisotopic (exact) mass is 303 g/mol. The summed E-state index contributed by atoms with van der Waals surface area (Å²) >= 11 is 0. The Bertz CT molecular complexity index is 556. The zero-order chi connectivity index (χ0) is 16.7. The van der Waals surface area contributed by atoms with Gasteiger partial charge in [-0.3, -0.25) is 5.01 Å². The van der Waals surface area contributed by atoms with E-state index in [-0.39, 0.29) is 10.8 Å². The number of hydrazone groups is 1. The summed E-state index contributed by atoms with van der Waals surface area (Å²) in [5.74, 6) is 1.12. The smallest absolute Gasteiger partial charge is 0.123 e. The van der Waals surface area contributed by atoms with E-state index >= 15 is 0 Å². The molecule has 0 bridgehead atoms. The molecule has 0 spiro atoms. The molecule has 2 rings (SSSR count). The van der Waals surface area contributed by atoms with Crippen molar-refractivity contribution in [2.75, 3.05) is 6.54 Å². The summed E-state index contributed by atoms with van der Waals surface area (Å²) in [6, 6.07) is 4.21. The minimum atomic E-state index is -0.104. The standard InChI is InChI=1S/C18H29N3O/c1-17(2,3)13-9-12(11-21-8-7-15(19)20-21)10-14(16(13)22)18(4,5)6/h9-10,22H,7-8,11H2,1-6H3,(H2,19,20). The number of rotatable bonds is 2. The average molecular weight is 303 g/mol. The number of benzene rings is 1. The molecule has 1 aliphatic rings. The first-order valence-electron chi connectivity index (χ1n) is 7.93. The van der Waals surface area contributed by atoms with Crippen molar-refractivity contribution in [3.8, 4) is 5.75 Å². The number of nitrogens with zero attached hydrogens (tertiary/aromatic N) is 2. The fourth-order valence-corrected chi connectivity index (χ4v) is 2.78. The second-order valence-corrected chi connectivity index (χ2v) is 8.27. The first-order valence-corrected chi connectivity index (χ1v) is 7.93. The van der Waals surface area contributed by atoms with Crippen LogP contribution < -0.4 is 5.73 Å². The Balaban J connectivity index is 2.46. The first kappa shape index (κ1) is 16.7. The van der Waals surface area contributed by atoms with Gasteiger partial charge in [0.05, 0.1) is 6.54 Å². The Morgan fingerprint density at radius 2 is 1.59 bits per heavy atom. The fourth-order valence-electron chi connectivity index (χ4n) is 2.78. The second-order valence-electron chi connectivity index (χ2n) is 8.27. The minimum Gasteiger partial charge on any atom is -0.507 e. The molecule has 0 saturated carbocycles. The lowest BCUT2D eigenvalue weighted by Gasteiger charge is -2.28. The number of phenolic OH excluding ortho intramolecular Hbond substituents is 1. The lowest BCUT2D eigenvalue weighted by Crippen LogP contribution is -2.20. The minimum absolute atomic E-state index is 0.104. The molecule has 0 aromatic heterocycles. The maximum Gasteiger partial charge on any atom is 0.123 e. The van der Waals surface area contributed by atoms with Gasteiger partial charge in [-0.25, -0.2) is 0 Å². The molecule has 1 aromatic carbocycles. The molecular formula is C18H29N3O. The SMILES string of the molecule is CC(C)(C)c1cc(CN2CCC(N)=N2)cc(C(C)(C)C)c1O. The molecule has 0 radical (unpaired) electrons. The van der Waals surface area contributed by atoms with Gasteiger partial charge in [-0.1, -0.05) is 41.5 Å². The van der Waals surface area contributed by atoms with E-state index in [9.17, 15) is 5.11 Å². The molecule has 4 nitrogen and oxygen atoms in total. The van der Waals surface area contributed by atoms with Crippen LogP contribution in [0.2, 0.25) is 0 Å². The summed E-state index contributed by atoms with van der Waals surface area (Å²) in [6.45, 7) is 14.4. The number of hydrogen-bond acceptors (Lipinski definition) is 4. The van der Waals surface area contributed by atoms with E-state index in [2.05, 4.69) is 58.8 Å². The van der Waals surface area contributed by atoms with Crippen LogP contribution in [0.4, 0.5) is 0 Å². The summed E-state index contributed by atoms with van der Waals surface area (Å²) < 4.78 is 0. The third-order valence-corrected chi connectivity index (χ3v) is 4.05. The molecular weight excluding hydrogens is 274 g/mol. The van der Waals surface area contributed by atoms with Crippen molar-refractivity contribution in [3.05, 3.63) is 28.8 Å². The zero-order valence-corrected chi connectivity index (χ0v) is 14.7. The van der Waals surface area contributed by atoms with E-state index < -0.39 is 0 Å². The van der Waals surface area contributed by atoms with E-state index in [4.69, 9.17) is 5.73 Å². The third kappa shape index (κ3) is 3.54. The molecule has 0 saturated heterocycles. The van der Waals surface area contributed by atoms with Crippen molar-refractivity contribution in [2.24, 2.45) is 10.8 Å². The van der Waals surface area contributed by atoms with E-state index in [0.29, 0.717) is 11.6 Å². The topological polar surface area (TPSA) is 61.8 Å². The molecule has 3 N–H and O–H groups in total. The highest BCUT2D eigenvalue weighted by atomic mass is 16.3. The molecule has 0 amide bonds. The Kier molecular flexibility index (Phi) is 4.16. The highest BCUT2D eigenvalue weighted by molar-refractivity contribution is 5.81. The van der Waals surface area contributed by atoms with Crippen LogP contribution >= 0.6 is 0 Å². The molecule has 0 atom stereocenters. The molecule has 0 fully saturated rings. The van der Waals surface area contributed by atoms with Crippen molar-refractivity contribution >= 4 is 5.84 Å². The molecule has 22 heavy (non-hydrogen) atoms. The summed E-state index contributed by atoms with van der Waals surface area (Å²) in [4.78, 5) is 0. The number of hydrogen-bond donors (Lipinski definition) is 2. The van der Waals surface area contributed by atoms with Gasteiger partial charge in [0.15, 0.2) is 0 Å². The fraction of sp³-hybridized carbons (Fsp3) is 0.611. The molecule has 4 heteroatoms. The van der Waals surface area contributed by atoms with Crippen LogP contribution in [0, 0.1) is 0 Å². The Labute approximate surface area is 134 Å². The molecule has 1 heterocycles. The number of aromatic hydroxyl groups is 1. The van der Waals surface area contributed by atoms with Crippen LogP contribution in [-0.4, -0.2) is 22.5 Å². The molecule has 1 aliphatic heterocycles. The summed E-state index contributed by atoms with van der Waals surface area (Å²) in [7, 11) is 0. The van der Waals surface area contributed by atoms with E-state index in [1.165, 1.54) is 5.56 Å². The van der Waals surface area contributed by atoms with E-state index in [0.717, 1.165) is 30.6 Å². The lowest BCUT2D eigenvalue weighted by atomic mass is 9.78. The first-order chi connectivity index (χ1) is 9.98. The molecule has 1 aromatic rings. The van der Waals surface area contributed by atoms with Gasteiger partial charge in [0.1, 0.15) is 11.6 Å². The van der Waals surface area contributed by atoms with Crippen LogP contribution in [0.1, 0.15) is 64.7 Å². The van der Waals surface area contributed by atoms with Gasteiger partial charge < -0.3 is 10.8 Å². The average Bonchev–Trinajstić information content (AvgIpc) is 2.74. The highest BCUT2D eigenvalue weighted by Gasteiger charge is 2.27. The van der Waals surface area contributed by atoms with Gasteiger partial charge in [0.2, 0.25) is 0 Å². The van der Waals surface area contributed by atoms with Gasteiger partial charge >= 0.3 is 0 Å². The number of amidine groups is 1. The predicted molar refractivity (Wildman–Crippen MR) is 92.2 cm³/mol. The van der Waals surface area contributed by atoms with Crippen molar-refractivity contribution in [2.45, 2.75) is 65.3 Å². The Hall–Kier alpha value is -1.71. The van der Waals surface area contributed by atoms with Gasteiger partial charge in [0, 0.05) is 13.0 Å². The van der Waals surface area contributed by atoms with Crippen molar-refractivity contribution in [3.63, 3.8) is 0 Å². The van der Waals surface area contributed by atoms with Crippen LogP contribution in [0.5, 0.6) is 5.75 Å². The van der Waals surface area contributed by atoms with Crippen molar-refractivity contribution in [1.29, 1.82) is 0 Å². The molecule has 122 valence electrons. The van der Waals surface area contributed by atoms with Gasteiger partial charge in [-0.15, -0.1) is 0 Å². The van der Waals surface area contributed by atoms with Crippen LogP contribution in [0.3, 0.4) is 0 Å². The highest BCUT2D eigenvalue weighted by Crippen LogP contribution is 2.40. The summed E-state index contributed by atoms with van der Waals surface area (Å²) in [5, 5.41) is 17.1. The van der Waals surface area contributed by atoms with Crippen LogP contribution in [0.25, 0.3) is 0 Å². The Morgan fingerprint density at radius 3 is 1.95 bits per heavy atom. The van der Waals surface area contributed by atoms with Crippen molar-refractivity contribution < 1.29 is 5.11 Å². The summed E-state index contributed by atoms with van der Waals surface area (Å²) in [5.41, 5.74) is 8.72. The van der Waals surface area contributed by atoms with E-state index in [1.54, 1.807) is 0 Å². The molecule has 0 aliphatic carbocycles. The predicted octanol–water partition coefficient (Wildman–Crippen LogP) is 3.47. The van der Waals surface area contributed by atoms with E-state index in [1.807, 2.05) is 5.01 Å². The van der Waals surface area contributed by atoms with Crippen LogP contribution in [0.15, 0.2) is 17.2 Å². The third-order valence-electron chi connectivity index (χ3n) is 4.05. The van der Waals surface area contributed by atoms with Crippen LogP contribution in [-0.2, 0) is 17.4 Å². The maximum absolute atomic E-state index is 10.7. The maximum atomic E-state index is 10.7.